The lowest BCUT2D eigenvalue weighted by Crippen LogP contribution is -2.49. The van der Waals surface area contributed by atoms with E-state index in [1.54, 1.807) is 26.1 Å². The monoisotopic (exact) mass is 279 g/mol. The summed E-state index contributed by atoms with van der Waals surface area (Å²) in [5, 5.41) is 0.532. The van der Waals surface area contributed by atoms with E-state index in [2.05, 4.69) is 0 Å². The Balaban J connectivity index is 2.06. The van der Waals surface area contributed by atoms with Crippen LogP contribution in [0.3, 0.4) is 0 Å². The highest BCUT2D eigenvalue weighted by atomic mass is 35.5. The molecular formula is C14H14ClNO3. The number of benzene rings is 1. The van der Waals surface area contributed by atoms with Crippen LogP contribution in [0.2, 0.25) is 5.02 Å². The summed E-state index contributed by atoms with van der Waals surface area (Å²) in [5.41, 5.74) is 0.700. The average molecular weight is 280 g/mol. The Morgan fingerprint density at radius 1 is 1.58 bits per heavy atom. The van der Waals surface area contributed by atoms with Crippen LogP contribution in [0.4, 0.5) is 0 Å². The Morgan fingerprint density at radius 3 is 3.00 bits per heavy atom. The summed E-state index contributed by atoms with van der Waals surface area (Å²) < 4.78 is 5.12. The zero-order valence-corrected chi connectivity index (χ0v) is 11.5. The smallest absolute Gasteiger partial charge is 0.332 e. The van der Waals surface area contributed by atoms with E-state index in [1.165, 1.54) is 4.90 Å². The highest BCUT2D eigenvalue weighted by Gasteiger charge is 2.68. The minimum atomic E-state index is -0.798. The van der Waals surface area contributed by atoms with Crippen LogP contribution in [0, 0.1) is 0 Å². The average Bonchev–Trinajstić information content (AvgIpc) is 3.13. The molecule has 2 atom stereocenters. The first-order chi connectivity index (χ1) is 9.02. The van der Waals surface area contributed by atoms with Gasteiger partial charge in [-0.15, -0.1) is 0 Å². The second-order valence-electron chi connectivity index (χ2n) is 5.00. The first-order valence-corrected chi connectivity index (χ1v) is 6.65. The number of ether oxygens (including phenoxy) is 1. The molecule has 3 rings (SSSR count). The van der Waals surface area contributed by atoms with Crippen LogP contribution in [0.1, 0.15) is 35.2 Å². The maximum atomic E-state index is 12.4. The van der Waals surface area contributed by atoms with Crippen LogP contribution in [0.25, 0.3) is 0 Å². The van der Waals surface area contributed by atoms with E-state index in [0.29, 0.717) is 23.6 Å². The molecule has 0 spiro atoms. The lowest BCUT2D eigenvalue weighted by molar-refractivity contribution is -0.150. The van der Waals surface area contributed by atoms with Gasteiger partial charge in [0.05, 0.1) is 6.61 Å². The number of fused-ring (bicyclic) bond motifs is 3. The molecule has 1 aromatic carbocycles. The molecule has 0 saturated heterocycles. The Morgan fingerprint density at radius 2 is 2.32 bits per heavy atom. The summed E-state index contributed by atoms with van der Waals surface area (Å²) in [7, 11) is 1.66. The van der Waals surface area contributed by atoms with Crippen molar-refractivity contribution in [2.45, 2.75) is 24.8 Å². The van der Waals surface area contributed by atoms with Crippen molar-refractivity contribution in [2.75, 3.05) is 13.7 Å². The van der Waals surface area contributed by atoms with Crippen molar-refractivity contribution in [3.8, 4) is 0 Å². The molecule has 4 nitrogen and oxygen atoms in total. The van der Waals surface area contributed by atoms with Gasteiger partial charge in [0.15, 0.2) is 0 Å². The van der Waals surface area contributed by atoms with E-state index in [1.807, 2.05) is 6.07 Å². The minimum absolute atomic E-state index is 0.0292. The quantitative estimate of drug-likeness (QED) is 0.780. The SMILES string of the molecule is CCOC(=O)C12CC1c1ccc(Cl)cc1C(=O)N2C. The van der Waals surface area contributed by atoms with Gasteiger partial charge in [-0.25, -0.2) is 4.79 Å². The van der Waals surface area contributed by atoms with Crippen LogP contribution in [0.5, 0.6) is 0 Å². The minimum Gasteiger partial charge on any atom is -0.464 e. The number of carbonyl (C=O) groups excluding carboxylic acids is 2. The van der Waals surface area contributed by atoms with E-state index in [4.69, 9.17) is 16.3 Å². The molecule has 1 aliphatic heterocycles. The van der Waals surface area contributed by atoms with Crippen molar-refractivity contribution in [2.24, 2.45) is 0 Å². The predicted octanol–water partition coefficient (Wildman–Crippen LogP) is 2.21. The fourth-order valence-electron chi connectivity index (χ4n) is 2.99. The van der Waals surface area contributed by atoms with Crippen molar-refractivity contribution < 1.29 is 14.3 Å². The molecule has 0 radical (unpaired) electrons. The van der Waals surface area contributed by atoms with Crippen molar-refractivity contribution in [1.29, 1.82) is 0 Å². The molecule has 0 bridgehead atoms. The molecule has 0 aromatic heterocycles. The lowest BCUT2D eigenvalue weighted by atomic mass is 9.94. The highest BCUT2D eigenvalue weighted by Crippen LogP contribution is 2.59. The number of esters is 1. The fourth-order valence-corrected chi connectivity index (χ4v) is 3.16. The molecule has 1 aromatic rings. The van der Waals surface area contributed by atoms with Gasteiger partial charge in [-0.2, -0.15) is 0 Å². The zero-order valence-electron chi connectivity index (χ0n) is 10.8. The van der Waals surface area contributed by atoms with Crippen LogP contribution in [-0.2, 0) is 9.53 Å². The van der Waals surface area contributed by atoms with Gasteiger partial charge in [0.25, 0.3) is 5.91 Å². The van der Waals surface area contributed by atoms with Gasteiger partial charge in [0.1, 0.15) is 5.54 Å². The highest BCUT2D eigenvalue weighted by molar-refractivity contribution is 6.31. The molecule has 19 heavy (non-hydrogen) atoms. The third kappa shape index (κ3) is 1.53. The molecule has 1 saturated carbocycles. The van der Waals surface area contributed by atoms with Crippen LogP contribution < -0.4 is 0 Å². The number of hydrogen-bond donors (Lipinski definition) is 0. The van der Waals surface area contributed by atoms with Crippen molar-refractivity contribution in [1.82, 2.24) is 4.90 Å². The van der Waals surface area contributed by atoms with Crippen LogP contribution >= 0.6 is 11.6 Å². The van der Waals surface area contributed by atoms with Crippen molar-refractivity contribution in [3.63, 3.8) is 0 Å². The Bertz CT molecular complexity index is 586. The number of rotatable bonds is 2. The largest absolute Gasteiger partial charge is 0.464 e. The predicted molar refractivity (Wildman–Crippen MR) is 70.3 cm³/mol. The first-order valence-electron chi connectivity index (χ1n) is 6.27. The summed E-state index contributed by atoms with van der Waals surface area (Å²) in [6.07, 6.45) is 0.628. The van der Waals surface area contributed by atoms with Gasteiger partial charge >= 0.3 is 5.97 Å². The Kier molecular flexibility index (Phi) is 2.61. The van der Waals surface area contributed by atoms with Gasteiger partial charge in [0, 0.05) is 23.6 Å². The molecule has 1 amide bonds. The summed E-state index contributed by atoms with van der Waals surface area (Å²) in [6.45, 7) is 2.09. The number of carbonyl (C=O) groups is 2. The standard InChI is InChI=1S/C14H14ClNO3/c1-3-19-13(18)14-7-11(14)9-5-4-8(15)6-10(9)12(17)16(14)2/h4-6,11H,3,7H2,1-2H3. The molecule has 1 fully saturated rings. The van der Waals surface area contributed by atoms with Crippen molar-refractivity contribution in [3.05, 3.63) is 34.3 Å². The van der Waals surface area contributed by atoms with E-state index < -0.39 is 5.54 Å². The van der Waals surface area contributed by atoms with Gasteiger partial charge in [-0.3, -0.25) is 4.79 Å². The second kappa shape index (κ2) is 3.97. The fraction of sp³-hybridized carbons (Fsp3) is 0.429. The molecule has 2 unspecified atom stereocenters. The number of halogens is 1. The van der Waals surface area contributed by atoms with Crippen LogP contribution in [0.15, 0.2) is 18.2 Å². The number of likely N-dealkylation sites (N-methyl/N-ethyl adjacent to an activating group) is 1. The molecule has 1 heterocycles. The summed E-state index contributed by atoms with van der Waals surface area (Å²) in [4.78, 5) is 26.0. The third-order valence-electron chi connectivity index (χ3n) is 4.08. The molecule has 2 aliphatic rings. The molecule has 0 N–H and O–H groups in total. The zero-order chi connectivity index (χ0) is 13.8. The number of nitrogens with zero attached hydrogens (tertiary/aromatic N) is 1. The normalized spacial score (nSPS) is 27.6. The van der Waals surface area contributed by atoms with Crippen LogP contribution in [-0.4, -0.2) is 36.0 Å². The Hall–Kier alpha value is -1.55. The molecule has 1 aliphatic carbocycles. The van der Waals surface area contributed by atoms with E-state index >= 15 is 0 Å². The molecule has 5 heteroatoms. The van der Waals surface area contributed by atoms with E-state index in [-0.39, 0.29) is 17.8 Å². The lowest BCUT2D eigenvalue weighted by Gasteiger charge is -2.32. The topological polar surface area (TPSA) is 46.6 Å². The van der Waals surface area contributed by atoms with Gasteiger partial charge in [-0.1, -0.05) is 17.7 Å². The number of hydrogen-bond acceptors (Lipinski definition) is 3. The summed E-state index contributed by atoms with van der Waals surface area (Å²) in [5.74, 6) is -0.447. The van der Waals surface area contributed by atoms with Gasteiger partial charge < -0.3 is 9.64 Å². The van der Waals surface area contributed by atoms with E-state index in [9.17, 15) is 9.59 Å². The first kappa shape index (κ1) is 12.5. The van der Waals surface area contributed by atoms with Gasteiger partial charge in [-0.05, 0) is 31.0 Å². The maximum absolute atomic E-state index is 12.4. The molecular weight excluding hydrogens is 266 g/mol. The maximum Gasteiger partial charge on any atom is 0.332 e. The summed E-state index contributed by atoms with van der Waals surface area (Å²) in [6, 6.07) is 5.27. The van der Waals surface area contributed by atoms with Crippen molar-refractivity contribution >= 4 is 23.5 Å². The summed E-state index contributed by atoms with van der Waals surface area (Å²) >= 11 is 5.94. The second-order valence-corrected chi connectivity index (χ2v) is 5.43. The van der Waals surface area contributed by atoms with E-state index in [0.717, 1.165) is 5.56 Å². The van der Waals surface area contributed by atoms with Gasteiger partial charge in [0.2, 0.25) is 0 Å². The molecule has 100 valence electrons. The Labute approximate surface area is 116 Å². The number of amides is 1. The third-order valence-corrected chi connectivity index (χ3v) is 4.32.